The second kappa shape index (κ2) is 5.30. The maximum Gasteiger partial charge on any atom is 0.135 e. The molecule has 0 amide bonds. The van der Waals surface area contributed by atoms with E-state index < -0.39 is 0 Å². The first kappa shape index (κ1) is 10.6. The maximum atomic E-state index is 11.1. The highest BCUT2D eigenvalue weighted by molar-refractivity contribution is 5.80. The molecule has 0 saturated heterocycles. The van der Waals surface area contributed by atoms with E-state index in [1.54, 1.807) is 7.11 Å². The molecule has 0 radical (unpaired) electrons. The zero-order chi connectivity index (χ0) is 8.85. The third-order valence-corrected chi connectivity index (χ3v) is 1.84. The Labute approximate surface area is 68.9 Å². The SMILES string of the molecule is COC(C)CCC(=O)C(C)C. The molecule has 0 rings (SSSR count). The first-order valence-electron chi connectivity index (χ1n) is 4.13. The summed E-state index contributed by atoms with van der Waals surface area (Å²) in [5.74, 6) is 0.493. The van der Waals surface area contributed by atoms with E-state index in [4.69, 9.17) is 4.74 Å². The molecule has 0 aromatic rings. The summed E-state index contributed by atoms with van der Waals surface area (Å²) < 4.78 is 5.03. The Balaban J connectivity index is 3.46. The first-order valence-corrected chi connectivity index (χ1v) is 4.13. The summed E-state index contributed by atoms with van der Waals surface area (Å²) in [7, 11) is 1.67. The predicted octanol–water partition coefficient (Wildman–Crippen LogP) is 2.03. The molecule has 0 N–H and O–H groups in total. The summed E-state index contributed by atoms with van der Waals surface area (Å²) in [4.78, 5) is 11.1. The molecule has 0 aliphatic carbocycles. The van der Waals surface area contributed by atoms with E-state index in [9.17, 15) is 4.79 Å². The monoisotopic (exact) mass is 158 g/mol. The molecule has 2 heteroatoms. The van der Waals surface area contributed by atoms with E-state index in [0.29, 0.717) is 12.2 Å². The van der Waals surface area contributed by atoms with Gasteiger partial charge in [-0.1, -0.05) is 13.8 Å². The van der Waals surface area contributed by atoms with Gasteiger partial charge in [-0.2, -0.15) is 0 Å². The second-order valence-electron chi connectivity index (χ2n) is 3.21. The third kappa shape index (κ3) is 4.96. The highest BCUT2D eigenvalue weighted by Gasteiger charge is 2.08. The number of ketones is 1. The molecule has 1 atom stereocenters. The average Bonchev–Trinajstić information content (AvgIpc) is 1.99. The number of carbonyl (C=O) groups is 1. The first-order chi connectivity index (χ1) is 5.07. The van der Waals surface area contributed by atoms with Crippen molar-refractivity contribution in [1.82, 2.24) is 0 Å². The Morgan fingerprint density at radius 3 is 2.27 bits per heavy atom. The van der Waals surface area contributed by atoms with Crippen LogP contribution < -0.4 is 0 Å². The lowest BCUT2D eigenvalue weighted by Crippen LogP contribution is -2.12. The molecule has 0 heterocycles. The van der Waals surface area contributed by atoms with Crippen LogP contribution in [0.1, 0.15) is 33.6 Å². The van der Waals surface area contributed by atoms with Crippen molar-refractivity contribution in [1.29, 1.82) is 0 Å². The molecule has 0 aliphatic rings. The number of methoxy groups -OCH3 is 1. The lowest BCUT2D eigenvalue weighted by atomic mass is 10.0. The van der Waals surface area contributed by atoms with E-state index in [0.717, 1.165) is 6.42 Å². The minimum absolute atomic E-state index is 0.166. The fraction of sp³-hybridized carbons (Fsp3) is 0.889. The largest absolute Gasteiger partial charge is 0.382 e. The van der Waals surface area contributed by atoms with Crippen LogP contribution in [0, 0.1) is 5.92 Å². The molecule has 0 aliphatic heterocycles. The molecule has 11 heavy (non-hydrogen) atoms. The molecular weight excluding hydrogens is 140 g/mol. The predicted molar refractivity (Wildman–Crippen MR) is 45.6 cm³/mol. The van der Waals surface area contributed by atoms with Crippen LogP contribution in [0.5, 0.6) is 0 Å². The molecule has 0 bridgehead atoms. The number of rotatable bonds is 5. The van der Waals surface area contributed by atoms with Gasteiger partial charge in [-0.05, 0) is 13.3 Å². The highest BCUT2D eigenvalue weighted by atomic mass is 16.5. The lowest BCUT2D eigenvalue weighted by molar-refractivity contribution is -0.122. The summed E-state index contributed by atoms with van der Waals surface area (Å²) in [6.07, 6.45) is 1.69. The van der Waals surface area contributed by atoms with Crippen molar-refractivity contribution in [3.05, 3.63) is 0 Å². The van der Waals surface area contributed by atoms with Crippen molar-refractivity contribution in [2.75, 3.05) is 7.11 Å². The standard InChI is InChI=1S/C9H18O2/c1-7(2)9(10)6-5-8(3)11-4/h7-8H,5-6H2,1-4H3. The number of carbonyl (C=O) groups excluding carboxylic acids is 1. The Bertz CT molecular complexity index is 119. The molecule has 0 saturated carbocycles. The quantitative estimate of drug-likeness (QED) is 0.612. The molecule has 0 aromatic carbocycles. The fourth-order valence-electron chi connectivity index (χ4n) is 0.752. The van der Waals surface area contributed by atoms with Crippen molar-refractivity contribution in [2.24, 2.45) is 5.92 Å². The molecule has 1 unspecified atom stereocenters. The van der Waals surface area contributed by atoms with Gasteiger partial charge in [0.2, 0.25) is 0 Å². The molecule has 0 aromatic heterocycles. The van der Waals surface area contributed by atoms with E-state index in [1.165, 1.54) is 0 Å². The Morgan fingerprint density at radius 2 is 1.91 bits per heavy atom. The summed E-state index contributed by atoms with van der Waals surface area (Å²) in [6.45, 7) is 5.84. The lowest BCUT2D eigenvalue weighted by Gasteiger charge is -2.09. The minimum atomic E-state index is 0.166. The van der Waals surface area contributed by atoms with Crippen LogP contribution in [-0.2, 0) is 9.53 Å². The second-order valence-corrected chi connectivity index (χ2v) is 3.21. The van der Waals surface area contributed by atoms with Gasteiger partial charge < -0.3 is 4.74 Å². The van der Waals surface area contributed by atoms with Gasteiger partial charge >= 0.3 is 0 Å². The number of Topliss-reactive ketones (excluding diaryl/α,β-unsaturated/α-hetero) is 1. The molecule has 2 nitrogen and oxygen atoms in total. The minimum Gasteiger partial charge on any atom is -0.382 e. The van der Waals surface area contributed by atoms with Gasteiger partial charge in [-0.15, -0.1) is 0 Å². The van der Waals surface area contributed by atoms with Crippen molar-refractivity contribution < 1.29 is 9.53 Å². The van der Waals surface area contributed by atoms with Crippen LogP contribution in [0.25, 0.3) is 0 Å². The topological polar surface area (TPSA) is 26.3 Å². The van der Waals surface area contributed by atoms with Crippen molar-refractivity contribution in [3.8, 4) is 0 Å². The van der Waals surface area contributed by atoms with Gasteiger partial charge in [0, 0.05) is 19.4 Å². The van der Waals surface area contributed by atoms with E-state index in [1.807, 2.05) is 20.8 Å². The van der Waals surface area contributed by atoms with E-state index in [-0.39, 0.29) is 12.0 Å². The highest BCUT2D eigenvalue weighted by Crippen LogP contribution is 2.05. The van der Waals surface area contributed by atoms with Gasteiger partial charge in [-0.3, -0.25) is 4.79 Å². The molecule has 66 valence electrons. The molecule has 0 spiro atoms. The fourth-order valence-corrected chi connectivity index (χ4v) is 0.752. The third-order valence-electron chi connectivity index (χ3n) is 1.84. The number of hydrogen-bond acceptors (Lipinski definition) is 2. The average molecular weight is 158 g/mol. The molecule has 0 fully saturated rings. The Morgan fingerprint density at radius 1 is 1.36 bits per heavy atom. The normalized spacial score (nSPS) is 13.5. The maximum absolute atomic E-state index is 11.1. The summed E-state index contributed by atoms with van der Waals surface area (Å²) in [5, 5.41) is 0. The Hall–Kier alpha value is -0.370. The van der Waals surface area contributed by atoms with Crippen molar-refractivity contribution in [3.63, 3.8) is 0 Å². The molecular formula is C9H18O2. The van der Waals surface area contributed by atoms with Crippen LogP contribution in [0.3, 0.4) is 0 Å². The van der Waals surface area contributed by atoms with Crippen LogP contribution in [0.2, 0.25) is 0 Å². The zero-order valence-corrected chi connectivity index (χ0v) is 7.89. The van der Waals surface area contributed by atoms with Gasteiger partial charge in [0.05, 0.1) is 6.10 Å². The van der Waals surface area contributed by atoms with E-state index >= 15 is 0 Å². The van der Waals surface area contributed by atoms with Crippen LogP contribution in [0.4, 0.5) is 0 Å². The van der Waals surface area contributed by atoms with Gasteiger partial charge in [0.15, 0.2) is 0 Å². The van der Waals surface area contributed by atoms with Gasteiger partial charge in [0.25, 0.3) is 0 Å². The Kier molecular flexibility index (Phi) is 5.12. The van der Waals surface area contributed by atoms with Crippen molar-refractivity contribution >= 4 is 5.78 Å². The van der Waals surface area contributed by atoms with Crippen molar-refractivity contribution in [2.45, 2.75) is 39.7 Å². The number of hydrogen-bond donors (Lipinski definition) is 0. The van der Waals surface area contributed by atoms with Crippen LogP contribution >= 0.6 is 0 Å². The summed E-state index contributed by atoms with van der Waals surface area (Å²) in [5.41, 5.74) is 0. The summed E-state index contributed by atoms with van der Waals surface area (Å²) in [6, 6.07) is 0. The van der Waals surface area contributed by atoms with Crippen LogP contribution in [0.15, 0.2) is 0 Å². The summed E-state index contributed by atoms with van der Waals surface area (Å²) >= 11 is 0. The van der Waals surface area contributed by atoms with Gasteiger partial charge in [-0.25, -0.2) is 0 Å². The van der Waals surface area contributed by atoms with Crippen LogP contribution in [-0.4, -0.2) is 19.0 Å². The number of ether oxygens (including phenoxy) is 1. The smallest absolute Gasteiger partial charge is 0.135 e. The zero-order valence-electron chi connectivity index (χ0n) is 7.89. The van der Waals surface area contributed by atoms with Gasteiger partial charge in [0.1, 0.15) is 5.78 Å². The van der Waals surface area contributed by atoms with E-state index in [2.05, 4.69) is 0 Å².